The van der Waals surface area contributed by atoms with Crippen LogP contribution in [0, 0.1) is 6.07 Å². The molecule has 121 valence electrons. The van der Waals surface area contributed by atoms with Gasteiger partial charge >= 0.3 is 5.97 Å². The van der Waals surface area contributed by atoms with Crippen molar-refractivity contribution in [3.05, 3.63) is 54.6 Å². The van der Waals surface area contributed by atoms with Crippen LogP contribution in [0.1, 0.15) is 6.92 Å². The lowest BCUT2D eigenvalue weighted by atomic mass is 10.2. The first-order valence-corrected chi connectivity index (χ1v) is 7.42. The molecule has 0 N–H and O–H groups in total. The quantitative estimate of drug-likeness (QED) is 0.649. The molecule has 7 nitrogen and oxygen atoms in total. The number of carbonyl (C=O) groups excluding carboxylic acids is 1. The smallest absolute Gasteiger partial charge is 0.327 e. The molecule has 0 saturated heterocycles. The lowest BCUT2D eigenvalue weighted by Crippen LogP contribution is -2.15. The van der Waals surface area contributed by atoms with Gasteiger partial charge < -0.3 is 9.47 Å². The van der Waals surface area contributed by atoms with Crippen LogP contribution in [0.15, 0.2) is 48.5 Å². The Labute approximate surface area is 138 Å². The van der Waals surface area contributed by atoms with Crippen molar-refractivity contribution in [2.45, 2.75) is 13.5 Å². The monoisotopic (exact) mass is 323 g/mol. The van der Waals surface area contributed by atoms with Crippen LogP contribution in [0.25, 0.3) is 11.4 Å². The van der Waals surface area contributed by atoms with Crippen LogP contribution in [-0.2, 0) is 16.1 Å². The van der Waals surface area contributed by atoms with Gasteiger partial charge in [-0.05, 0) is 47.7 Å². The van der Waals surface area contributed by atoms with Crippen molar-refractivity contribution in [3.8, 4) is 22.9 Å². The molecule has 1 heterocycles. The van der Waals surface area contributed by atoms with Crippen LogP contribution in [-0.4, -0.2) is 32.8 Å². The van der Waals surface area contributed by atoms with Crippen LogP contribution >= 0.6 is 0 Å². The number of tetrazole rings is 1. The number of rotatable bonds is 6. The van der Waals surface area contributed by atoms with E-state index >= 15 is 0 Å². The molecule has 3 aromatic rings. The number of hydrogen-bond acceptors (Lipinski definition) is 6. The Hall–Kier alpha value is -3.22. The maximum atomic E-state index is 11.6. The Balaban J connectivity index is 1.82. The highest BCUT2D eigenvalue weighted by Crippen LogP contribution is 2.25. The average molecular weight is 323 g/mol. The molecule has 2 aromatic carbocycles. The highest BCUT2D eigenvalue weighted by atomic mass is 16.5. The summed E-state index contributed by atoms with van der Waals surface area (Å²) in [4.78, 5) is 11.6. The summed E-state index contributed by atoms with van der Waals surface area (Å²) in [5.41, 5.74) is 0.738. The fourth-order valence-electron chi connectivity index (χ4n) is 2.12. The van der Waals surface area contributed by atoms with E-state index in [0.29, 0.717) is 23.9 Å². The van der Waals surface area contributed by atoms with Crippen LogP contribution in [0.4, 0.5) is 0 Å². The van der Waals surface area contributed by atoms with Gasteiger partial charge in [0.2, 0.25) is 0 Å². The molecule has 0 fully saturated rings. The minimum atomic E-state index is -0.390. The maximum Gasteiger partial charge on any atom is 0.327 e. The normalized spacial score (nSPS) is 10.4. The van der Waals surface area contributed by atoms with Gasteiger partial charge in [0.25, 0.3) is 0 Å². The van der Waals surface area contributed by atoms with Gasteiger partial charge in [-0.15, -0.1) is 5.10 Å². The Morgan fingerprint density at radius 3 is 2.92 bits per heavy atom. The van der Waals surface area contributed by atoms with Gasteiger partial charge in [0.1, 0.15) is 18.0 Å². The lowest BCUT2D eigenvalue weighted by Gasteiger charge is -2.08. The molecule has 0 unspecified atom stereocenters. The van der Waals surface area contributed by atoms with Gasteiger partial charge in [-0.25, -0.2) is 4.68 Å². The molecule has 0 amide bonds. The Morgan fingerprint density at radius 1 is 1.25 bits per heavy atom. The minimum absolute atomic E-state index is 0.0467. The molecule has 0 saturated carbocycles. The first-order chi connectivity index (χ1) is 11.8. The number of hydrogen-bond donors (Lipinski definition) is 0. The molecular weight excluding hydrogens is 308 g/mol. The molecule has 0 aliphatic heterocycles. The predicted molar refractivity (Wildman–Crippen MR) is 85.2 cm³/mol. The zero-order chi connectivity index (χ0) is 16.8. The number of carbonyl (C=O) groups is 1. The number of nitrogens with zero attached hydrogens (tertiary/aromatic N) is 4. The van der Waals surface area contributed by atoms with Crippen molar-refractivity contribution in [1.29, 1.82) is 0 Å². The minimum Gasteiger partial charge on any atom is -0.465 e. The standard InChI is InChI=1S/C17H15N4O3/c1-2-23-16(22)12-21-17(18-19-20-21)13-7-6-10-15(11-13)24-14-8-4-3-5-9-14/h3-4,6-11H,2,12H2,1H3. The molecule has 3 rings (SSSR count). The van der Waals surface area contributed by atoms with Crippen molar-refractivity contribution in [1.82, 2.24) is 20.2 Å². The molecule has 0 spiro atoms. The maximum absolute atomic E-state index is 11.6. The first kappa shape index (κ1) is 15.7. The highest BCUT2D eigenvalue weighted by molar-refractivity contribution is 5.70. The predicted octanol–water partition coefficient (Wildman–Crippen LogP) is 2.50. The number of benzene rings is 2. The number of aromatic nitrogens is 4. The van der Waals surface area contributed by atoms with E-state index in [0.717, 1.165) is 5.56 Å². The van der Waals surface area contributed by atoms with Gasteiger partial charge in [-0.3, -0.25) is 4.79 Å². The summed E-state index contributed by atoms with van der Waals surface area (Å²) in [5.74, 6) is 1.39. The number of ether oxygens (including phenoxy) is 2. The van der Waals surface area contributed by atoms with E-state index in [1.54, 1.807) is 25.1 Å². The summed E-state index contributed by atoms with van der Waals surface area (Å²) >= 11 is 0. The molecule has 1 aromatic heterocycles. The molecule has 0 aliphatic carbocycles. The van der Waals surface area contributed by atoms with Gasteiger partial charge in [-0.2, -0.15) is 0 Å². The molecule has 1 radical (unpaired) electrons. The molecule has 24 heavy (non-hydrogen) atoms. The van der Waals surface area contributed by atoms with E-state index in [1.165, 1.54) is 4.68 Å². The molecule has 7 heteroatoms. The second kappa shape index (κ2) is 7.36. The Morgan fingerprint density at radius 2 is 2.12 bits per heavy atom. The van der Waals surface area contributed by atoms with Gasteiger partial charge in [0.05, 0.1) is 6.61 Å². The van der Waals surface area contributed by atoms with Crippen molar-refractivity contribution in [2.75, 3.05) is 6.61 Å². The van der Waals surface area contributed by atoms with Gasteiger partial charge in [0.15, 0.2) is 5.82 Å². The molecule has 0 aliphatic rings. The van der Waals surface area contributed by atoms with Crippen LogP contribution in [0.3, 0.4) is 0 Å². The average Bonchev–Trinajstić information content (AvgIpc) is 3.04. The number of esters is 1. The van der Waals surface area contributed by atoms with E-state index < -0.39 is 5.97 Å². The lowest BCUT2D eigenvalue weighted by molar-refractivity contribution is -0.144. The van der Waals surface area contributed by atoms with E-state index in [4.69, 9.17) is 9.47 Å². The summed E-state index contributed by atoms with van der Waals surface area (Å²) < 4.78 is 12.1. The largest absolute Gasteiger partial charge is 0.465 e. The third kappa shape index (κ3) is 3.75. The Kier molecular flexibility index (Phi) is 4.81. The zero-order valence-corrected chi connectivity index (χ0v) is 13.0. The van der Waals surface area contributed by atoms with Crippen molar-refractivity contribution < 1.29 is 14.3 Å². The van der Waals surface area contributed by atoms with E-state index in [1.807, 2.05) is 30.3 Å². The molecule has 0 atom stereocenters. The van der Waals surface area contributed by atoms with E-state index in [-0.39, 0.29) is 6.54 Å². The SMILES string of the molecule is CCOC(=O)Cn1nnnc1-c1cccc(Oc2c[c]ccc2)c1. The van der Waals surface area contributed by atoms with E-state index in [2.05, 4.69) is 21.6 Å². The first-order valence-electron chi connectivity index (χ1n) is 7.42. The summed E-state index contributed by atoms with van der Waals surface area (Å²) in [7, 11) is 0. The molecule has 0 bridgehead atoms. The highest BCUT2D eigenvalue weighted by Gasteiger charge is 2.13. The second-order valence-electron chi connectivity index (χ2n) is 4.83. The Bertz CT molecular complexity index is 817. The van der Waals surface area contributed by atoms with E-state index in [9.17, 15) is 4.79 Å². The summed E-state index contributed by atoms with van der Waals surface area (Å²) in [6, 6.07) is 17.5. The van der Waals surface area contributed by atoms with Crippen molar-refractivity contribution in [3.63, 3.8) is 0 Å². The van der Waals surface area contributed by atoms with Crippen molar-refractivity contribution in [2.24, 2.45) is 0 Å². The van der Waals surface area contributed by atoms with Crippen molar-refractivity contribution >= 4 is 5.97 Å². The van der Waals surface area contributed by atoms with Crippen LogP contribution < -0.4 is 4.74 Å². The van der Waals surface area contributed by atoms with Crippen LogP contribution in [0.5, 0.6) is 11.5 Å². The third-order valence-electron chi connectivity index (χ3n) is 3.12. The molecular formula is C17H15N4O3. The summed E-state index contributed by atoms with van der Waals surface area (Å²) in [6.45, 7) is 2.02. The fraction of sp³-hybridized carbons (Fsp3) is 0.176. The van der Waals surface area contributed by atoms with Gasteiger partial charge in [0, 0.05) is 5.56 Å². The third-order valence-corrected chi connectivity index (χ3v) is 3.12. The summed E-state index contributed by atoms with van der Waals surface area (Å²) in [5, 5.41) is 11.5. The second-order valence-corrected chi connectivity index (χ2v) is 4.83. The summed E-state index contributed by atoms with van der Waals surface area (Å²) in [6.07, 6.45) is 0. The van der Waals surface area contributed by atoms with Crippen LogP contribution in [0.2, 0.25) is 0 Å². The zero-order valence-electron chi connectivity index (χ0n) is 13.0. The van der Waals surface area contributed by atoms with Gasteiger partial charge in [-0.1, -0.05) is 24.3 Å². The fourth-order valence-corrected chi connectivity index (χ4v) is 2.12. The topological polar surface area (TPSA) is 79.1 Å².